The van der Waals surface area contributed by atoms with E-state index >= 15 is 0 Å². The van der Waals surface area contributed by atoms with E-state index in [1.165, 1.54) is 0 Å². The van der Waals surface area contributed by atoms with Crippen molar-refractivity contribution in [2.75, 3.05) is 31.2 Å². The molecule has 26 heavy (non-hydrogen) atoms. The molecule has 0 fully saturated rings. The maximum absolute atomic E-state index is 11.5. The number of hydrogen-bond donors (Lipinski definition) is 4. The number of ether oxygens (including phenoxy) is 1. The molecular formula is C16H19N7O3. The van der Waals surface area contributed by atoms with Crippen LogP contribution in [0.3, 0.4) is 0 Å². The molecular weight excluding hydrogens is 338 g/mol. The number of likely N-dealkylation sites (N-methyl/N-ethyl adjacent to an activating group) is 1. The molecule has 1 aromatic heterocycles. The fourth-order valence-electron chi connectivity index (χ4n) is 1.87. The number of carbonyl (C=O) groups is 2. The van der Waals surface area contributed by atoms with E-state index in [0.717, 1.165) is 0 Å². The summed E-state index contributed by atoms with van der Waals surface area (Å²) in [6.45, 7) is -0.0928. The number of amides is 1. The third-order valence-corrected chi connectivity index (χ3v) is 3.03. The lowest BCUT2D eigenvalue weighted by atomic mass is 10.3. The number of pyridine rings is 1. The van der Waals surface area contributed by atoms with Gasteiger partial charge in [0.25, 0.3) is 0 Å². The number of carbonyl (C=O) groups excluding carboxylic acids is 2. The van der Waals surface area contributed by atoms with Gasteiger partial charge in [0.1, 0.15) is 17.2 Å². The molecule has 0 aliphatic rings. The number of anilines is 2. The van der Waals surface area contributed by atoms with Crippen molar-refractivity contribution in [3.8, 4) is 5.75 Å². The van der Waals surface area contributed by atoms with E-state index in [1.807, 2.05) is 0 Å². The van der Waals surface area contributed by atoms with E-state index in [9.17, 15) is 9.59 Å². The second kappa shape index (κ2) is 9.20. The minimum atomic E-state index is -0.588. The van der Waals surface area contributed by atoms with Gasteiger partial charge in [0.05, 0.1) is 13.1 Å². The Morgan fingerprint density at radius 2 is 1.88 bits per heavy atom. The predicted molar refractivity (Wildman–Crippen MR) is 96.5 cm³/mol. The Kier molecular flexibility index (Phi) is 6.71. The van der Waals surface area contributed by atoms with Crippen LogP contribution < -0.4 is 26.8 Å². The molecule has 1 aromatic carbocycles. The zero-order valence-electron chi connectivity index (χ0n) is 14.1. The Labute approximate surface area is 149 Å². The van der Waals surface area contributed by atoms with Gasteiger partial charge >= 0.3 is 5.97 Å². The highest BCUT2D eigenvalue weighted by atomic mass is 16.5. The largest absolute Gasteiger partial charge is 0.423 e. The first-order valence-electron chi connectivity index (χ1n) is 7.66. The van der Waals surface area contributed by atoms with Crippen LogP contribution >= 0.6 is 0 Å². The summed E-state index contributed by atoms with van der Waals surface area (Å²) in [5, 5.41) is 13.4. The van der Waals surface area contributed by atoms with E-state index < -0.39 is 5.97 Å². The van der Waals surface area contributed by atoms with Crippen LogP contribution in [0.5, 0.6) is 5.75 Å². The van der Waals surface area contributed by atoms with Crippen LogP contribution in [0.25, 0.3) is 0 Å². The Bertz CT molecular complexity index is 823. The van der Waals surface area contributed by atoms with Gasteiger partial charge in [-0.1, -0.05) is 12.1 Å². The molecule has 0 aliphatic carbocycles. The first-order chi connectivity index (χ1) is 12.5. The molecule has 0 aliphatic heterocycles. The van der Waals surface area contributed by atoms with Crippen LogP contribution in [0.15, 0.2) is 46.6 Å². The van der Waals surface area contributed by atoms with E-state index in [1.54, 1.807) is 43.4 Å². The van der Waals surface area contributed by atoms with Crippen molar-refractivity contribution in [3.05, 3.63) is 36.4 Å². The number of nitrogens with one attached hydrogen (secondary N) is 2. The summed E-state index contributed by atoms with van der Waals surface area (Å²) in [5.74, 6) is -0.208. The highest BCUT2D eigenvalue weighted by Crippen LogP contribution is 2.30. The fourth-order valence-corrected chi connectivity index (χ4v) is 1.87. The van der Waals surface area contributed by atoms with Gasteiger partial charge < -0.3 is 26.8 Å². The molecule has 0 bridgehead atoms. The zero-order chi connectivity index (χ0) is 18.9. The minimum Gasteiger partial charge on any atom is -0.423 e. The number of hydrogen-bond acceptors (Lipinski definition) is 9. The van der Waals surface area contributed by atoms with Crippen molar-refractivity contribution < 1.29 is 14.3 Å². The lowest BCUT2D eigenvalue weighted by Crippen LogP contribution is -2.25. The van der Waals surface area contributed by atoms with E-state index in [0.29, 0.717) is 17.2 Å². The SMILES string of the molecule is CNCC(=O)Nc1ccc(N=Nc2ccccc2OC(=O)CN)c(N)n1. The molecule has 2 rings (SSSR count). The van der Waals surface area contributed by atoms with Gasteiger partial charge in [0.2, 0.25) is 5.91 Å². The molecule has 0 unspecified atom stereocenters. The van der Waals surface area contributed by atoms with Crippen LogP contribution in [0.4, 0.5) is 23.0 Å². The summed E-state index contributed by atoms with van der Waals surface area (Å²) < 4.78 is 5.08. The molecule has 136 valence electrons. The topological polar surface area (TPSA) is 157 Å². The number of rotatable bonds is 7. The monoisotopic (exact) mass is 357 g/mol. The van der Waals surface area contributed by atoms with Gasteiger partial charge in [-0.2, -0.15) is 0 Å². The van der Waals surface area contributed by atoms with Crippen molar-refractivity contribution >= 4 is 34.9 Å². The number of nitrogen functional groups attached to an aromatic ring is 1. The van der Waals surface area contributed by atoms with Crippen molar-refractivity contribution in [2.24, 2.45) is 16.0 Å². The van der Waals surface area contributed by atoms with Crippen molar-refractivity contribution in [3.63, 3.8) is 0 Å². The Morgan fingerprint density at radius 1 is 1.15 bits per heavy atom. The highest BCUT2D eigenvalue weighted by Gasteiger charge is 2.08. The molecule has 0 saturated carbocycles. The van der Waals surface area contributed by atoms with Gasteiger partial charge in [-0.15, -0.1) is 10.2 Å². The third-order valence-electron chi connectivity index (χ3n) is 3.03. The zero-order valence-corrected chi connectivity index (χ0v) is 14.1. The van der Waals surface area contributed by atoms with E-state index in [-0.39, 0.29) is 30.6 Å². The van der Waals surface area contributed by atoms with E-state index in [4.69, 9.17) is 16.2 Å². The van der Waals surface area contributed by atoms with Crippen LogP contribution in [0.1, 0.15) is 0 Å². The average Bonchev–Trinajstić information content (AvgIpc) is 2.62. The third kappa shape index (κ3) is 5.33. The number of azo groups is 1. The molecule has 0 saturated heterocycles. The minimum absolute atomic E-state index is 0.0902. The predicted octanol–water partition coefficient (Wildman–Crippen LogP) is 1.10. The molecule has 10 heteroatoms. The molecule has 6 N–H and O–H groups in total. The maximum atomic E-state index is 11.5. The molecule has 0 spiro atoms. The summed E-state index contributed by atoms with van der Waals surface area (Å²) in [6, 6.07) is 9.73. The highest BCUT2D eigenvalue weighted by molar-refractivity contribution is 5.91. The van der Waals surface area contributed by atoms with Crippen LogP contribution in [-0.4, -0.2) is 37.0 Å². The first-order valence-corrected chi connectivity index (χ1v) is 7.66. The second-order valence-corrected chi connectivity index (χ2v) is 5.03. The van der Waals surface area contributed by atoms with Gasteiger partial charge in [0.15, 0.2) is 11.6 Å². The number of esters is 1. The summed E-state index contributed by atoms with van der Waals surface area (Å²) >= 11 is 0. The summed E-state index contributed by atoms with van der Waals surface area (Å²) in [4.78, 5) is 26.9. The maximum Gasteiger partial charge on any atom is 0.325 e. The molecule has 1 amide bonds. The summed E-state index contributed by atoms with van der Waals surface area (Å²) in [7, 11) is 1.66. The van der Waals surface area contributed by atoms with Gasteiger partial charge in [-0.3, -0.25) is 9.59 Å². The molecule has 0 radical (unpaired) electrons. The fraction of sp³-hybridized carbons (Fsp3) is 0.188. The molecule has 2 aromatic rings. The van der Waals surface area contributed by atoms with Crippen LogP contribution in [0.2, 0.25) is 0 Å². The lowest BCUT2D eigenvalue weighted by Gasteiger charge is -2.06. The van der Waals surface area contributed by atoms with Crippen LogP contribution in [-0.2, 0) is 9.59 Å². The Hall–Kier alpha value is -3.37. The number of nitrogens with two attached hydrogens (primary N) is 2. The number of aromatic nitrogens is 1. The van der Waals surface area contributed by atoms with Crippen molar-refractivity contribution in [2.45, 2.75) is 0 Å². The quantitative estimate of drug-likeness (QED) is 0.328. The molecule has 10 nitrogen and oxygen atoms in total. The average molecular weight is 357 g/mol. The first kappa shape index (κ1) is 19.0. The van der Waals surface area contributed by atoms with Gasteiger partial charge in [0, 0.05) is 0 Å². The summed E-state index contributed by atoms with van der Waals surface area (Å²) in [6.07, 6.45) is 0. The Balaban J connectivity index is 2.16. The summed E-state index contributed by atoms with van der Waals surface area (Å²) in [5.41, 5.74) is 11.7. The lowest BCUT2D eigenvalue weighted by molar-refractivity contribution is -0.132. The normalized spacial score (nSPS) is 10.7. The van der Waals surface area contributed by atoms with Crippen LogP contribution in [0, 0.1) is 0 Å². The molecule has 0 atom stereocenters. The number of para-hydroxylation sites is 1. The Morgan fingerprint density at radius 3 is 2.58 bits per heavy atom. The van der Waals surface area contributed by atoms with Crippen molar-refractivity contribution in [1.82, 2.24) is 10.3 Å². The second-order valence-electron chi connectivity index (χ2n) is 5.03. The smallest absolute Gasteiger partial charge is 0.325 e. The van der Waals surface area contributed by atoms with E-state index in [2.05, 4.69) is 25.8 Å². The standard InChI is InChI=1S/C16H19N7O3/c1-19-9-14(24)20-13-7-6-11(16(18)21-13)23-22-10-4-2-3-5-12(10)26-15(25)8-17/h2-7,19H,8-9,17H2,1H3,(H3,18,20,21,24). The van der Waals surface area contributed by atoms with Gasteiger partial charge in [-0.25, -0.2) is 4.98 Å². The number of nitrogens with zero attached hydrogens (tertiary/aromatic N) is 3. The van der Waals surface area contributed by atoms with Crippen molar-refractivity contribution in [1.29, 1.82) is 0 Å². The molecule has 1 heterocycles. The van der Waals surface area contributed by atoms with Gasteiger partial charge in [-0.05, 0) is 31.3 Å². The number of benzene rings is 1.